The number of benzene rings is 1. The van der Waals surface area contributed by atoms with Crippen LogP contribution in [-0.2, 0) is 0 Å². The first-order valence-corrected chi connectivity index (χ1v) is 7.18. The zero-order valence-corrected chi connectivity index (χ0v) is 12.0. The number of fused-ring (bicyclic) bond motifs is 1. The van der Waals surface area contributed by atoms with Gasteiger partial charge in [0.1, 0.15) is 17.6 Å². The van der Waals surface area contributed by atoms with Gasteiger partial charge in [0.15, 0.2) is 4.67 Å². The molecule has 1 aliphatic heterocycles. The summed E-state index contributed by atoms with van der Waals surface area (Å²) in [7, 11) is 0. The molecule has 0 fully saturated rings. The van der Waals surface area contributed by atoms with E-state index in [0.29, 0.717) is 29.4 Å². The van der Waals surface area contributed by atoms with Gasteiger partial charge in [-0.05, 0) is 58.5 Å². The van der Waals surface area contributed by atoms with Gasteiger partial charge in [-0.25, -0.2) is 0 Å². The molecule has 4 heteroatoms. The van der Waals surface area contributed by atoms with E-state index in [0.717, 1.165) is 12.2 Å². The van der Waals surface area contributed by atoms with E-state index >= 15 is 0 Å². The third-order valence-corrected chi connectivity index (χ3v) is 3.94. The van der Waals surface area contributed by atoms with Crippen molar-refractivity contribution in [3.05, 3.63) is 52.4 Å². The quantitative estimate of drug-likeness (QED) is 0.927. The molecule has 0 amide bonds. The molecule has 1 aromatic heterocycles. The van der Waals surface area contributed by atoms with Crippen molar-refractivity contribution in [1.29, 1.82) is 0 Å². The molecule has 2 atom stereocenters. The predicted molar refractivity (Wildman–Crippen MR) is 75.3 cm³/mol. The number of halogens is 1. The number of furan rings is 1. The Morgan fingerprint density at radius 2 is 2.11 bits per heavy atom. The lowest BCUT2D eigenvalue weighted by Crippen LogP contribution is -2.16. The third-order valence-electron chi connectivity index (χ3n) is 3.51. The maximum absolute atomic E-state index is 10.3. The lowest BCUT2D eigenvalue weighted by molar-refractivity contribution is 0.121. The van der Waals surface area contributed by atoms with Gasteiger partial charge in [-0.15, -0.1) is 0 Å². The minimum absolute atomic E-state index is 0.309. The van der Waals surface area contributed by atoms with Crippen LogP contribution in [0.25, 0.3) is 0 Å². The van der Waals surface area contributed by atoms with Crippen molar-refractivity contribution in [2.24, 2.45) is 0 Å². The van der Waals surface area contributed by atoms with Gasteiger partial charge < -0.3 is 14.3 Å². The second-order valence-electron chi connectivity index (χ2n) is 4.77. The Hall–Kier alpha value is -1.26. The zero-order valence-electron chi connectivity index (χ0n) is 10.4. The van der Waals surface area contributed by atoms with Gasteiger partial charge >= 0.3 is 0 Å². The highest BCUT2D eigenvalue weighted by molar-refractivity contribution is 9.10. The van der Waals surface area contributed by atoms with Crippen LogP contribution in [0.1, 0.15) is 36.2 Å². The fourth-order valence-electron chi connectivity index (χ4n) is 2.55. The van der Waals surface area contributed by atoms with Gasteiger partial charge in [0.25, 0.3) is 0 Å². The van der Waals surface area contributed by atoms with E-state index in [4.69, 9.17) is 9.15 Å². The Morgan fingerprint density at radius 3 is 2.89 bits per heavy atom. The number of rotatable bonds is 3. The summed E-state index contributed by atoms with van der Waals surface area (Å²) in [5, 5.41) is 10.3. The fourth-order valence-corrected chi connectivity index (χ4v) is 2.87. The average Bonchev–Trinajstić information content (AvgIpc) is 2.86. The summed E-state index contributed by atoms with van der Waals surface area (Å²) in [6, 6.07) is 11.6. The Labute approximate surface area is 120 Å². The number of hydrogen-bond donors (Lipinski definition) is 1. The van der Waals surface area contributed by atoms with E-state index in [2.05, 4.69) is 22.0 Å². The van der Waals surface area contributed by atoms with Crippen LogP contribution in [0.3, 0.4) is 0 Å². The average molecular weight is 323 g/mol. The van der Waals surface area contributed by atoms with Crippen molar-refractivity contribution >= 4 is 15.9 Å². The summed E-state index contributed by atoms with van der Waals surface area (Å²) in [6.07, 6.45) is 0.999. The van der Waals surface area contributed by atoms with Crippen LogP contribution >= 0.6 is 15.9 Å². The summed E-state index contributed by atoms with van der Waals surface area (Å²) in [6.45, 7) is 0.705. The maximum Gasteiger partial charge on any atom is 0.169 e. The molecular weight excluding hydrogens is 308 g/mol. The first kappa shape index (κ1) is 12.8. The topological polar surface area (TPSA) is 42.6 Å². The molecule has 1 N–H and O–H groups in total. The van der Waals surface area contributed by atoms with Gasteiger partial charge in [-0.1, -0.05) is 18.2 Å². The minimum Gasteiger partial charge on any atom is -0.493 e. The first-order valence-electron chi connectivity index (χ1n) is 6.39. The van der Waals surface area contributed by atoms with Crippen LogP contribution in [-0.4, -0.2) is 11.7 Å². The molecule has 3 rings (SSSR count). The Morgan fingerprint density at radius 1 is 1.26 bits per heavy atom. The van der Waals surface area contributed by atoms with E-state index in [-0.39, 0.29) is 0 Å². The highest BCUT2D eigenvalue weighted by atomic mass is 79.9. The molecule has 2 heterocycles. The molecule has 0 bridgehead atoms. The molecule has 0 saturated heterocycles. The lowest BCUT2D eigenvalue weighted by Gasteiger charge is -2.27. The number of para-hydroxylation sites is 1. The molecule has 0 spiro atoms. The van der Waals surface area contributed by atoms with Crippen LogP contribution in [0.5, 0.6) is 5.75 Å². The van der Waals surface area contributed by atoms with Crippen molar-refractivity contribution in [3.63, 3.8) is 0 Å². The molecule has 1 aliphatic rings. The smallest absolute Gasteiger partial charge is 0.169 e. The summed E-state index contributed by atoms with van der Waals surface area (Å²) in [5.41, 5.74) is 1.18. The lowest BCUT2D eigenvalue weighted by atomic mass is 9.88. The van der Waals surface area contributed by atoms with Gasteiger partial charge in [0.2, 0.25) is 0 Å². The van der Waals surface area contributed by atoms with E-state index < -0.39 is 6.10 Å². The predicted octanol–water partition coefficient (Wildman–Crippen LogP) is 4.03. The molecule has 1 aromatic carbocycles. The van der Waals surface area contributed by atoms with Crippen molar-refractivity contribution < 1.29 is 14.3 Å². The van der Waals surface area contributed by atoms with Crippen LogP contribution in [0, 0.1) is 0 Å². The first-order chi connectivity index (χ1) is 9.24. The second kappa shape index (κ2) is 5.39. The molecular formula is C15H15BrO3. The SMILES string of the molecule is OC(CC1CCOc2ccccc21)c1ccc(Br)o1. The molecule has 0 aliphatic carbocycles. The zero-order chi connectivity index (χ0) is 13.2. The number of hydrogen-bond acceptors (Lipinski definition) is 3. The highest BCUT2D eigenvalue weighted by Crippen LogP contribution is 2.39. The normalized spacial score (nSPS) is 19.6. The van der Waals surface area contributed by atoms with Crippen LogP contribution in [0.15, 0.2) is 45.5 Å². The van der Waals surface area contributed by atoms with Gasteiger partial charge in [0.05, 0.1) is 6.61 Å². The van der Waals surface area contributed by atoms with E-state index in [1.54, 1.807) is 12.1 Å². The Balaban J connectivity index is 1.77. The summed E-state index contributed by atoms with van der Waals surface area (Å²) in [4.78, 5) is 0. The summed E-state index contributed by atoms with van der Waals surface area (Å²) < 4.78 is 11.7. The molecule has 19 heavy (non-hydrogen) atoms. The van der Waals surface area contributed by atoms with Crippen molar-refractivity contribution in [2.45, 2.75) is 24.9 Å². The molecule has 2 unspecified atom stereocenters. The summed E-state index contributed by atoms with van der Waals surface area (Å²) >= 11 is 3.25. The van der Waals surface area contributed by atoms with Gasteiger partial charge in [-0.3, -0.25) is 0 Å². The largest absolute Gasteiger partial charge is 0.493 e. The number of aliphatic hydroxyl groups excluding tert-OH is 1. The second-order valence-corrected chi connectivity index (χ2v) is 5.55. The fraction of sp³-hybridized carbons (Fsp3) is 0.333. The molecule has 0 radical (unpaired) electrons. The Bertz CT molecular complexity index is 564. The van der Waals surface area contributed by atoms with E-state index in [1.165, 1.54) is 5.56 Å². The molecule has 0 saturated carbocycles. The maximum atomic E-state index is 10.3. The van der Waals surface area contributed by atoms with E-state index in [1.807, 2.05) is 18.2 Å². The van der Waals surface area contributed by atoms with Crippen LogP contribution in [0.2, 0.25) is 0 Å². The summed E-state index contributed by atoms with van der Waals surface area (Å²) in [5.74, 6) is 1.85. The van der Waals surface area contributed by atoms with Gasteiger partial charge in [-0.2, -0.15) is 0 Å². The highest BCUT2D eigenvalue weighted by Gasteiger charge is 2.25. The van der Waals surface area contributed by atoms with Crippen molar-refractivity contribution in [3.8, 4) is 5.75 Å². The molecule has 100 valence electrons. The molecule has 3 nitrogen and oxygen atoms in total. The third kappa shape index (κ3) is 2.69. The Kier molecular flexibility index (Phi) is 3.62. The molecule has 2 aromatic rings. The number of ether oxygens (including phenoxy) is 1. The monoisotopic (exact) mass is 322 g/mol. The van der Waals surface area contributed by atoms with Crippen LogP contribution in [0.4, 0.5) is 0 Å². The standard InChI is InChI=1S/C15H15BrO3/c16-15-6-5-14(19-15)12(17)9-10-7-8-18-13-4-2-1-3-11(10)13/h1-6,10,12,17H,7-9H2. The van der Waals surface area contributed by atoms with Crippen molar-refractivity contribution in [2.75, 3.05) is 6.61 Å². The van der Waals surface area contributed by atoms with Crippen molar-refractivity contribution in [1.82, 2.24) is 0 Å². The minimum atomic E-state index is -0.581. The van der Waals surface area contributed by atoms with E-state index in [9.17, 15) is 5.11 Å². The van der Waals surface area contributed by atoms with Crippen LogP contribution < -0.4 is 4.74 Å². The number of aliphatic hydroxyl groups is 1. The van der Waals surface area contributed by atoms with Gasteiger partial charge in [0, 0.05) is 0 Å².